The Bertz CT molecular complexity index is 379. The summed E-state index contributed by atoms with van der Waals surface area (Å²) in [5, 5.41) is 13.5. The van der Waals surface area contributed by atoms with Crippen molar-refractivity contribution < 1.29 is 9.50 Å². The smallest absolute Gasteiger partial charge is 0.129 e. The molecule has 2 nitrogen and oxygen atoms in total. The lowest BCUT2D eigenvalue weighted by molar-refractivity contribution is 0.0695. The normalized spacial score (nSPS) is 24.2. The summed E-state index contributed by atoms with van der Waals surface area (Å²) in [4.78, 5) is 0. The van der Waals surface area contributed by atoms with E-state index in [9.17, 15) is 9.50 Å². The van der Waals surface area contributed by atoms with Crippen LogP contribution in [0, 0.1) is 11.7 Å². The molecule has 0 aromatic heterocycles. The van der Waals surface area contributed by atoms with Crippen LogP contribution in [0.25, 0.3) is 0 Å². The molecule has 1 saturated carbocycles. The zero-order valence-electron chi connectivity index (χ0n) is 10.3. The second-order valence-corrected chi connectivity index (χ2v) is 5.35. The average molecular weight is 272 g/mol. The molecule has 0 radical (unpaired) electrons. The van der Waals surface area contributed by atoms with Crippen LogP contribution in [0.3, 0.4) is 0 Å². The van der Waals surface area contributed by atoms with Crippen LogP contribution in [0.4, 0.5) is 4.39 Å². The van der Waals surface area contributed by atoms with Crippen molar-refractivity contribution >= 4 is 11.6 Å². The lowest BCUT2D eigenvalue weighted by atomic mass is 9.86. The Balaban J connectivity index is 1.84. The Morgan fingerprint density at radius 1 is 1.33 bits per heavy atom. The molecule has 18 heavy (non-hydrogen) atoms. The van der Waals surface area contributed by atoms with Crippen LogP contribution < -0.4 is 5.32 Å². The molecule has 2 unspecified atom stereocenters. The second kappa shape index (κ2) is 6.50. The van der Waals surface area contributed by atoms with Gasteiger partial charge in [-0.05, 0) is 30.9 Å². The highest BCUT2D eigenvalue weighted by molar-refractivity contribution is 6.31. The third kappa shape index (κ3) is 3.44. The van der Waals surface area contributed by atoms with E-state index in [1.54, 1.807) is 12.1 Å². The third-order valence-corrected chi connectivity index (χ3v) is 3.99. The van der Waals surface area contributed by atoms with Gasteiger partial charge >= 0.3 is 0 Å². The first-order chi connectivity index (χ1) is 8.68. The van der Waals surface area contributed by atoms with Crippen molar-refractivity contribution in [2.45, 2.75) is 38.3 Å². The van der Waals surface area contributed by atoms with Crippen LogP contribution >= 0.6 is 11.6 Å². The van der Waals surface area contributed by atoms with E-state index in [0.29, 0.717) is 23.7 Å². The fraction of sp³-hybridized carbons (Fsp3) is 0.571. The Kier molecular flexibility index (Phi) is 4.98. The van der Waals surface area contributed by atoms with Gasteiger partial charge in [-0.2, -0.15) is 0 Å². The van der Waals surface area contributed by atoms with Gasteiger partial charge in [0.25, 0.3) is 0 Å². The summed E-state index contributed by atoms with van der Waals surface area (Å²) in [6.07, 6.45) is 3.98. The van der Waals surface area contributed by atoms with Gasteiger partial charge in [-0.1, -0.05) is 30.5 Å². The van der Waals surface area contributed by atoms with Crippen LogP contribution in [0.15, 0.2) is 18.2 Å². The quantitative estimate of drug-likeness (QED) is 0.882. The Morgan fingerprint density at radius 2 is 2.11 bits per heavy atom. The van der Waals surface area contributed by atoms with Crippen LogP contribution in [0.2, 0.25) is 5.02 Å². The monoisotopic (exact) mass is 271 g/mol. The average Bonchev–Trinajstić information content (AvgIpc) is 2.35. The molecular formula is C14H19ClFNO. The highest BCUT2D eigenvalue weighted by atomic mass is 35.5. The minimum atomic E-state index is -0.279. The van der Waals surface area contributed by atoms with Gasteiger partial charge in [0.1, 0.15) is 5.82 Å². The molecule has 0 spiro atoms. The summed E-state index contributed by atoms with van der Waals surface area (Å²) in [6.45, 7) is 1.13. The molecule has 0 heterocycles. The van der Waals surface area contributed by atoms with Crippen LogP contribution in [-0.2, 0) is 6.54 Å². The van der Waals surface area contributed by atoms with Crippen molar-refractivity contribution in [2.24, 2.45) is 5.92 Å². The van der Waals surface area contributed by atoms with Gasteiger partial charge in [-0.25, -0.2) is 4.39 Å². The molecule has 1 aliphatic rings. The van der Waals surface area contributed by atoms with E-state index in [1.807, 2.05) is 0 Å². The molecule has 1 fully saturated rings. The van der Waals surface area contributed by atoms with E-state index >= 15 is 0 Å². The predicted octanol–water partition coefficient (Wildman–Crippen LogP) is 3.12. The maximum atomic E-state index is 13.5. The number of rotatable bonds is 4. The van der Waals surface area contributed by atoms with Crippen molar-refractivity contribution in [3.63, 3.8) is 0 Å². The van der Waals surface area contributed by atoms with Crippen molar-refractivity contribution in [1.82, 2.24) is 5.32 Å². The van der Waals surface area contributed by atoms with Gasteiger partial charge in [-0.3, -0.25) is 0 Å². The summed E-state index contributed by atoms with van der Waals surface area (Å²) in [6, 6.07) is 4.71. The van der Waals surface area contributed by atoms with Crippen LogP contribution in [-0.4, -0.2) is 17.8 Å². The van der Waals surface area contributed by atoms with Crippen LogP contribution in [0.1, 0.15) is 31.2 Å². The van der Waals surface area contributed by atoms with Gasteiger partial charge in [0.15, 0.2) is 0 Å². The van der Waals surface area contributed by atoms with Gasteiger partial charge < -0.3 is 10.4 Å². The first-order valence-electron chi connectivity index (χ1n) is 6.50. The lowest BCUT2D eigenvalue weighted by Crippen LogP contribution is -2.33. The maximum Gasteiger partial charge on any atom is 0.129 e. The molecule has 0 bridgehead atoms. The van der Waals surface area contributed by atoms with E-state index in [1.165, 1.54) is 12.5 Å². The molecule has 2 atom stereocenters. The fourth-order valence-electron chi connectivity index (χ4n) is 2.51. The summed E-state index contributed by atoms with van der Waals surface area (Å²) in [5.41, 5.74) is 0.504. The Labute approximate surface area is 112 Å². The largest absolute Gasteiger partial charge is 0.393 e. The minimum Gasteiger partial charge on any atom is -0.393 e. The van der Waals surface area contributed by atoms with Crippen molar-refractivity contribution in [1.29, 1.82) is 0 Å². The van der Waals surface area contributed by atoms with E-state index < -0.39 is 0 Å². The van der Waals surface area contributed by atoms with Crippen molar-refractivity contribution in [3.05, 3.63) is 34.6 Å². The van der Waals surface area contributed by atoms with Gasteiger partial charge in [0.2, 0.25) is 0 Å². The number of benzene rings is 1. The van der Waals surface area contributed by atoms with Gasteiger partial charge in [-0.15, -0.1) is 0 Å². The summed E-state index contributed by atoms with van der Waals surface area (Å²) in [7, 11) is 0. The zero-order valence-corrected chi connectivity index (χ0v) is 11.1. The van der Waals surface area contributed by atoms with E-state index in [4.69, 9.17) is 11.6 Å². The predicted molar refractivity (Wildman–Crippen MR) is 71.1 cm³/mol. The third-order valence-electron chi connectivity index (χ3n) is 3.64. The molecule has 2 N–H and O–H groups in total. The highest BCUT2D eigenvalue weighted by Gasteiger charge is 2.22. The molecule has 4 heteroatoms. The minimum absolute atomic E-state index is 0.220. The summed E-state index contributed by atoms with van der Waals surface area (Å²) in [5.74, 6) is 0.00323. The van der Waals surface area contributed by atoms with Gasteiger partial charge in [0.05, 0.1) is 6.10 Å². The molecule has 2 rings (SSSR count). The molecule has 100 valence electrons. The topological polar surface area (TPSA) is 32.3 Å². The lowest BCUT2D eigenvalue weighted by Gasteiger charge is -2.27. The van der Waals surface area contributed by atoms with Crippen molar-refractivity contribution in [2.75, 3.05) is 6.54 Å². The molecule has 1 aliphatic carbocycles. The van der Waals surface area contributed by atoms with E-state index in [0.717, 1.165) is 19.3 Å². The first kappa shape index (κ1) is 13.8. The molecular weight excluding hydrogens is 253 g/mol. The number of hydrogen-bond donors (Lipinski definition) is 2. The molecule has 0 aliphatic heterocycles. The molecule has 1 aromatic carbocycles. The SMILES string of the molecule is OC1CCCCC1CNCc1c(F)cccc1Cl. The molecule has 1 aromatic rings. The summed E-state index contributed by atoms with van der Waals surface area (Å²) >= 11 is 5.95. The number of nitrogens with one attached hydrogen (secondary N) is 1. The van der Waals surface area contributed by atoms with E-state index in [-0.39, 0.29) is 17.8 Å². The van der Waals surface area contributed by atoms with E-state index in [2.05, 4.69) is 5.32 Å². The summed E-state index contributed by atoms with van der Waals surface area (Å²) < 4.78 is 13.5. The number of hydrogen-bond acceptors (Lipinski definition) is 2. The Hall–Kier alpha value is -0.640. The Morgan fingerprint density at radius 3 is 2.83 bits per heavy atom. The van der Waals surface area contributed by atoms with Gasteiger partial charge in [0, 0.05) is 23.7 Å². The number of aliphatic hydroxyl groups excluding tert-OH is 1. The molecule has 0 saturated heterocycles. The number of halogens is 2. The second-order valence-electron chi connectivity index (χ2n) is 4.94. The fourth-order valence-corrected chi connectivity index (χ4v) is 2.74. The maximum absolute atomic E-state index is 13.5. The number of aliphatic hydroxyl groups is 1. The standard InChI is InChI=1S/C14H19ClFNO/c15-12-5-3-6-13(16)11(12)9-17-8-10-4-1-2-7-14(10)18/h3,5-6,10,14,17-18H,1-2,4,7-9H2. The first-order valence-corrected chi connectivity index (χ1v) is 6.88. The zero-order chi connectivity index (χ0) is 13.0. The van der Waals surface area contributed by atoms with Crippen molar-refractivity contribution in [3.8, 4) is 0 Å². The molecule has 0 amide bonds. The van der Waals surface area contributed by atoms with Crippen LogP contribution in [0.5, 0.6) is 0 Å². The highest BCUT2D eigenvalue weighted by Crippen LogP contribution is 2.24.